The monoisotopic (exact) mass is 219 g/mol. The number of hydrogen-bond donors (Lipinski definition) is 1. The summed E-state index contributed by atoms with van der Waals surface area (Å²) in [6, 6.07) is 7.90. The van der Waals surface area contributed by atoms with Crippen molar-refractivity contribution in [2.45, 2.75) is 18.9 Å². The van der Waals surface area contributed by atoms with Gasteiger partial charge in [0.1, 0.15) is 10.6 Å². The lowest BCUT2D eigenvalue weighted by molar-refractivity contribution is 0.0606. The summed E-state index contributed by atoms with van der Waals surface area (Å²) < 4.78 is 1.11. The van der Waals surface area contributed by atoms with Crippen molar-refractivity contribution in [1.82, 2.24) is 4.98 Å². The van der Waals surface area contributed by atoms with E-state index in [9.17, 15) is 5.11 Å². The average molecular weight is 219 g/mol. The first kappa shape index (κ1) is 10.3. The molecule has 1 unspecified atom stereocenters. The van der Waals surface area contributed by atoms with Crippen molar-refractivity contribution in [2.24, 2.45) is 0 Å². The van der Waals surface area contributed by atoms with Gasteiger partial charge in [-0.05, 0) is 19.1 Å². The van der Waals surface area contributed by atoms with E-state index in [2.05, 4.69) is 11.6 Å². The maximum Gasteiger partial charge on any atom is 0.126 e. The van der Waals surface area contributed by atoms with Crippen molar-refractivity contribution < 1.29 is 5.11 Å². The highest BCUT2D eigenvalue weighted by Gasteiger charge is 2.25. The van der Waals surface area contributed by atoms with Gasteiger partial charge in [-0.1, -0.05) is 18.2 Å². The van der Waals surface area contributed by atoms with E-state index < -0.39 is 5.60 Å². The minimum absolute atomic E-state index is 0.521. The average Bonchev–Trinajstić information content (AvgIpc) is 2.61. The number of hydrogen-bond acceptors (Lipinski definition) is 3. The highest BCUT2D eigenvalue weighted by atomic mass is 32.1. The standard InChI is InChI=1S/C12H13NOS/c1-3-8-12(2,14)11-13-9-6-4-5-7-10(9)15-11/h3-7,14H,1,8H2,2H3. The smallest absolute Gasteiger partial charge is 0.126 e. The Balaban J connectivity index is 2.48. The summed E-state index contributed by atoms with van der Waals surface area (Å²) >= 11 is 1.54. The summed E-state index contributed by atoms with van der Waals surface area (Å²) in [5, 5.41) is 10.9. The van der Waals surface area contributed by atoms with E-state index in [0.29, 0.717) is 6.42 Å². The van der Waals surface area contributed by atoms with Gasteiger partial charge in [-0.2, -0.15) is 0 Å². The molecule has 1 aromatic carbocycles. The number of para-hydroxylation sites is 1. The molecule has 0 radical (unpaired) electrons. The molecule has 0 fully saturated rings. The number of rotatable bonds is 3. The Hall–Kier alpha value is -1.19. The van der Waals surface area contributed by atoms with Gasteiger partial charge in [0.05, 0.1) is 10.2 Å². The maximum absolute atomic E-state index is 10.2. The SMILES string of the molecule is C=CCC(C)(O)c1nc2ccccc2s1. The van der Waals surface area contributed by atoms with Crippen LogP contribution in [-0.2, 0) is 5.60 Å². The molecule has 0 saturated carbocycles. The lowest BCUT2D eigenvalue weighted by atomic mass is 10.0. The third-order valence-corrected chi connectivity index (χ3v) is 3.59. The van der Waals surface area contributed by atoms with Crippen LogP contribution in [0.1, 0.15) is 18.4 Å². The number of aromatic nitrogens is 1. The Kier molecular flexibility index (Phi) is 2.59. The number of fused-ring (bicyclic) bond motifs is 1. The van der Waals surface area contributed by atoms with Crippen LogP contribution in [0.25, 0.3) is 10.2 Å². The molecule has 1 aromatic heterocycles. The molecule has 2 aromatic rings. The molecule has 0 aliphatic carbocycles. The molecular weight excluding hydrogens is 206 g/mol. The van der Waals surface area contributed by atoms with Crippen molar-refractivity contribution in [3.63, 3.8) is 0 Å². The Morgan fingerprint density at radius 1 is 1.53 bits per heavy atom. The lowest BCUT2D eigenvalue weighted by Crippen LogP contribution is -2.19. The first-order valence-corrected chi connectivity index (χ1v) is 5.64. The highest BCUT2D eigenvalue weighted by Crippen LogP contribution is 2.32. The first-order chi connectivity index (χ1) is 7.13. The van der Waals surface area contributed by atoms with Crippen LogP contribution in [0.5, 0.6) is 0 Å². The normalized spacial score (nSPS) is 15.1. The molecule has 0 aliphatic heterocycles. The van der Waals surface area contributed by atoms with Gasteiger partial charge in [-0.25, -0.2) is 4.98 Å². The molecule has 0 saturated heterocycles. The Bertz CT molecular complexity index is 454. The summed E-state index contributed by atoms with van der Waals surface area (Å²) in [5.74, 6) is 0. The van der Waals surface area contributed by atoms with Gasteiger partial charge in [0, 0.05) is 6.42 Å². The molecule has 0 amide bonds. The molecule has 15 heavy (non-hydrogen) atoms. The van der Waals surface area contributed by atoms with Gasteiger partial charge >= 0.3 is 0 Å². The van der Waals surface area contributed by atoms with Crippen LogP contribution in [0, 0.1) is 0 Å². The molecular formula is C12H13NOS. The first-order valence-electron chi connectivity index (χ1n) is 4.83. The predicted octanol–water partition coefficient (Wildman–Crippen LogP) is 3.08. The van der Waals surface area contributed by atoms with Crippen LogP contribution < -0.4 is 0 Å². The minimum atomic E-state index is -0.897. The van der Waals surface area contributed by atoms with Crippen LogP contribution in [0.3, 0.4) is 0 Å². The Labute approximate surface area is 92.9 Å². The zero-order valence-corrected chi connectivity index (χ0v) is 9.42. The second-order valence-corrected chi connectivity index (χ2v) is 4.78. The van der Waals surface area contributed by atoms with Crippen LogP contribution in [-0.4, -0.2) is 10.1 Å². The van der Waals surface area contributed by atoms with Crippen molar-refractivity contribution in [2.75, 3.05) is 0 Å². The number of nitrogens with zero attached hydrogens (tertiary/aromatic N) is 1. The molecule has 78 valence electrons. The van der Waals surface area contributed by atoms with E-state index in [1.807, 2.05) is 24.3 Å². The predicted molar refractivity (Wildman–Crippen MR) is 64.0 cm³/mol. The Morgan fingerprint density at radius 2 is 2.27 bits per heavy atom. The third kappa shape index (κ3) is 1.94. The third-order valence-electron chi connectivity index (χ3n) is 2.30. The van der Waals surface area contributed by atoms with Gasteiger partial charge in [-0.15, -0.1) is 17.9 Å². The molecule has 1 N–H and O–H groups in total. The Morgan fingerprint density at radius 3 is 2.93 bits per heavy atom. The van der Waals surface area contributed by atoms with Gasteiger partial charge in [-0.3, -0.25) is 0 Å². The molecule has 1 atom stereocenters. The van der Waals surface area contributed by atoms with E-state index in [1.54, 1.807) is 13.0 Å². The molecule has 0 aliphatic rings. The van der Waals surface area contributed by atoms with Crippen molar-refractivity contribution >= 4 is 21.6 Å². The second kappa shape index (κ2) is 3.76. The fourth-order valence-electron chi connectivity index (χ4n) is 1.47. The quantitative estimate of drug-likeness (QED) is 0.805. The largest absolute Gasteiger partial charge is 0.383 e. The summed E-state index contributed by atoms with van der Waals surface area (Å²) in [7, 11) is 0. The van der Waals surface area contributed by atoms with Gasteiger partial charge in [0.25, 0.3) is 0 Å². The summed E-state index contributed by atoms with van der Waals surface area (Å²) in [6.07, 6.45) is 2.24. The number of aliphatic hydroxyl groups is 1. The topological polar surface area (TPSA) is 33.1 Å². The molecule has 2 nitrogen and oxygen atoms in total. The van der Waals surface area contributed by atoms with Crippen molar-refractivity contribution in [3.05, 3.63) is 41.9 Å². The molecule has 1 heterocycles. The zero-order valence-electron chi connectivity index (χ0n) is 8.60. The van der Waals surface area contributed by atoms with Crippen molar-refractivity contribution in [3.8, 4) is 0 Å². The van der Waals surface area contributed by atoms with Gasteiger partial charge in [0.2, 0.25) is 0 Å². The summed E-state index contributed by atoms with van der Waals surface area (Å²) in [6.45, 7) is 5.41. The molecule has 0 spiro atoms. The number of thiazole rings is 1. The van der Waals surface area contributed by atoms with Crippen LogP contribution >= 0.6 is 11.3 Å². The highest BCUT2D eigenvalue weighted by molar-refractivity contribution is 7.18. The van der Waals surface area contributed by atoms with E-state index in [1.165, 1.54) is 11.3 Å². The van der Waals surface area contributed by atoms with E-state index in [-0.39, 0.29) is 0 Å². The molecule has 3 heteroatoms. The van der Waals surface area contributed by atoms with Gasteiger partial charge < -0.3 is 5.11 Å². The van der Waals surface area contributed by atoms with Crippen molar-refractivity contribution in [1.29, 1.82) is 0 Å². The molecule has 2 rings (SSSR count). The van der Waals surface area contributed by atoms with Crippen LogP contribution in [0.15, 0.2) is 36.9 Å². The van der Waals surface area contributed by atoms with E-state index in [0.717, 1.165) is 15.2 Å². The van der Waals surface area contributed by atoms with Crippen LogP contribution in [0.4, 0.5) is 0 Å². The molecule has 0 bridgehead atoms. The zero-order chi connectivity index (χ0) is 10.9. The number of benzene rings is 1. The summed E-state index contributed by atoms with van der Waals surface area (Å²) in [5.41, 5.74) is 0.0488. The summed E-state index contributed by atoms with van der Waals surface area (Å²) in [4.78, 5) is 4.42. The van der Waals surface area contributed by atoms with Crippen LogP contribution in [0.2, 0.25) is 0 Å². The van der Waals surface area contributed by atoms with E-state index in [4.69, 9.17) is 0 Å². The lowest BCUT2D eigenvalue weighted by Gasteiger charge is -2.17. The second-order valence-electron chi connectivity index (χ2n) is 3.75. The van der Waals surface area contributed by atoms with E-state index >= 15 is 0 Å². The van der Waals surface area contributed by atoms with Gasteiger partial charge in [0.15, 0.2) is 0 Å². The fourth-order valence-corrected chi connectivity index (χ4v) is 2.49. The fraction of sp³-hybridized carbons (Fsp3) is 0.250. The maximum atomic E-state index is 10.2. The minimum Gasteiger partial charge on any atom is -0.383 e.